The summed E-state index contributed by atoms with van der Waals surface area (Å²) in [6, 6.07) is 0.376. The van der Waals surface area contributed by atoms with E-state index in [2.05, 4.69) is 29.4 Å². The first-order chi connectivity index (χ1) is 8.81. The van der Waals surface area contributed by atoms with E-state index in [4.69, 9.17) is 0 Å². The van der Waals surface area contributed by atoms with Crippen LogP contribution in [0.3, 0.4) is 0 Å². The Morgan fingerprint density at radius 1 is 1.06 bits per heavy atom. The number of aromatic nitrogens is 2. The Labute approximate surface area is 115 Å². The summed E-state index contributed by atoms with van der Waals surface area (Å²) in [5.41, 5.74) is 0. The smallest absolute Gasteiger partial charge is 0.134 e. The van der Waals surface area contributed by atoms with Crippen molar-refractivity contribution in [3.63, 3.8) is 0 Å². The van der Waals surface area contributed by atoms with E-state index in [0.29, 0.717) is 6.04 Å². The average Bonchev–Trinajstić information content (AvgIpc) is 2.84. The molecule has 18 heavy (non-hydrogen) atoms. The maximum Gasteiger partial charge on any atom is 0.134 e. The summed E-state index contributed by atoms with van der Waals surface area (Å²) in [5.74, 6) is 0. The standard InChI is InChI=1S/C14H27N3S/c1-4-6-7-8-9-10-11-13-16-17-14(18-13)12(5-2)15-3/h12,15H,4-11H2,1-3H3. The molecule has 0 spiro atoms. The molecule has 104 valence electrons. The molecule has 0 saturated heterocycles. The van der Waals surface area contributed by atoms with Crippen LogP contribution in [-0.4, -0.2) is 17.2 Å². The quantitative estimate of drug-likeness (QED) is 0.649. The molecule has 1 N–H and O–H groups in total. The SMILES string of the molecule is CCCCCCCCc1nnc(C(CC)NC)s1. The van der Waals surface area contributed by atoms with Crippen molar-refractivity contribution in [3.8, 4) is 0 Å². The van der Waals surface area contributed by atoms with Crippen LogP contribution in [0.5, 0.6) is 0 Å². The van der Waals surface area contributed by atoms with Crippen molar-refractivity contribution in [1.29, 1.82) is 0 Å². The van der Waals surface area contributed by atoms with Gasteiger partial charge < -0.3 is 5.32 Å². The maximum atomic E-state index is 4.30. The van der Waals surface area contributed by atoms with Crippen molar-refractivity contribution < 1.29 is 0 Å². The van der Waals surface area contributed by atoms with Gasteiger partial charge in [0.2, 0.25) is 0 Å². The van der Waals surface area contributed by atoms with Gasteiger partial charge in [-0.3, -0.25) is 0 Å². The zero-order valence-electron chi connectivity index (χ0n) is 12.0. The molecule has 0 amide bonds. The Bertz CT molecular complexity index is 308. The van der Waals surface area contributed by atoms with Crippen LogP contribution < -0.4 is 5.32 Å². The topological polar surface area (TPSA) is 37.8 Å². The van der Waals surface area contributed by atoms with Crippen LogP contribution >= 0.6 is 11.3 Å². The summed E-state index contributed by atoms with van der Waals surface area (Å²) in [5, 5.41) is 14.2. The Hall–Kier alpha value is -0.480. The monoisotopic (exact) mass is 269 g/mol. The Kier molecular flexibility index (Phi) is 8.18. The number of hydrogen-bond donors (Lipinski definition) is 1. The van der Waals surface area contributed by atoms with E-state index >= 15 is 0 Å². The first-order valence-corrected chi connectivity index (χ1v) is 8.13. The van der Waals surface area contributed by atoms with Gasteiger partial charge in [-0.2, -0.15) is 0 Å². The third kappa shape index (κ3) is 5.44. The van der Waals surface area contributed by atoms with E-state index in [9.17, 15) is 0 Å². The van der Waals surface area contributed by atoms with Crippen molar-refractivity contribution in [2.45, 2.75) is 71.3 Å². The van der Waals surface area contributed by atoms with Crippen LogP contribution in [-0.2, 0) is 6.42 Å². The molecule has 1 unspecified atom stereocenters. The van der Waals surface area contributed by atoms with Crippen LogP contribution in [0.25, 0.3) is 0 Å². The van der Waals surface area contributed by atoms with Crippen LogP contribution in [0.15, 0.2) is 0 Å². The van der Waals surface area contributed by atoms with Crippen molar-refractivity contribution >= 4 is 11.3 Å². The Morgan fingerprint density at radius 3 is 2.44 bits per heavy atom. The van der Waals surface area contributed by atoms with Gasteiger partial charge in [-0.05, 0) is 19.9 Å². The summed E-state index contributed by atoms with van der Waals surface area (Å²) in [4.78, 5) is 0. The van der Waals surface area contributed by atoms with Gasteiger partial charge in [0.25, 0.3) is 0 Å². The van der Waals surface area contributed by atoms with E-state index in [0.717, 1.165) is 17.8 Å². The third-order valence-electron chi connectivity index (χ3n) is 3.28. The molecule has 0 bridgehead atoms. The van der Waals surface area contributed by atoms with Gasteiger partial charge in [0.1, 0.15) is 10.0 Å². The number of rotatable bonds is 10. The summed E-state index contributed by atoms with van der Waals surface area (Å²) >= 11 is 1.77. The molecule has 0 fully saturated rings. The molecular weight excluding hydrogens is 242 g/mol. The molecule has 0 aliphatic rings. The molecule has 1 aromatic rings. The zero-order chi connectivity index (χ0) is 13.2. The van der Waals surface area contributed by atoms with Crippen LogP contribution in [0.4, 0.5) is 0 Å². The number of nitrogens with one attached hydrogen (secondary N) is 1. The molecular formula is C14H27N3S. The van der Waals surface area contributed by atoms with E-state index in [-0.39, 0.29) is 0 Å². The third-order valence-corrected chi connectivity index (χ3v) is 4.38. The molecule has 1 aromatic heterocycles. The van der Waals surface area contributed by atoms with E-state index in [1.54, 1.807) is 11.3 Å². The molecule has 0 saturated carbocycles. The molecule has 1 rings (SSSR count). The fourth-order valence-corrected chi connectivity index (χ4v) is 3.15. The van der Waals surface area contributed by atoms with Crippen LogP contribution in [0.1, 0.15) is 74.9 Å². The fourth-order valence-electron chi connectivity index (χ4n) is 2.07. The van der Waals surface area contributed by atoms with Crippen molar-refractivity contribution in [1.82, 2.24) is 15.5 Å². The Balaban J connectivity index is 2.23. The average molecular weight is 269 g/mol. The van der Waals surface area contributed by atoms with Gasteiger partial charge in [0, 0.05) is 6.42 Å². The lowest BCUT2D eigenvalue weighted by Gasteiger charge is -2.07. The lowest BCUT2D eigenvalue weighted by Crippen LogP contribution is -2.14. The minimum absolute atomic E-state index is 0.376. The molecule has 0 aromatic carbocycles. The molecule has 1 atom stereocenters. The molecule has 0 aliphatic heterocycles. The molecule has 0 radical (unpaired) electrons. The molecule has 3 nitrogen and oxygen atoms in total. The van der Waals surface area contributed by atoms with Crippen molar-refractivity contribution in [2.75, 3.05) is 7.05 Å². The lowest BCUT2D eigenvalue weighted by molar-refractivity contribution is 0.567. The second-order valence-corrected chi connectivity index (χ2v) is 5.89. The van der Waals surface area contributed by atoms with Gasteiger partial charge in [-0.15, -0.1) is 10.2 Å². The fraction of sp³-hybridized carbons (Fsp3) is 0.857. The largest absolute Gasteiger partial charge is 0.311 e. The minimum Gasteiger partial charge on any atom is -0.311 e. The van der Waals surface area contributed by atoms with Crippen LogP contribution in [0.2, 0.25) is 0 Å². The van der Waals surface area contributed by atoms with Crippen molar-refractivity contribution in [2.24, 2.45) is 0 Å². The first-order valence-electron chi connectivity index (χ1n) is 7.31. The highest BCUT2D eigenvalue weighted by Gasteiger charge is 2.12. The minimum atomic E-state index is 0.376. The van der Waals surface area contributed by atoms with Gasteiger partial charge in [0.15, 0.2) is 0 Å². The maximum absolute atomic E-state index is 4.30. The van der Waals surface area contributed by atoms with E-state index < -0.39 is 0 Å². The number of unbranched alkanes of at least 4 members (excludes halogenated alkanes) is 5. The van der Waals surface area contributed by atoms with Crippen LogP contribution in [0, 0.1) is 0 Å². The predicted molar refractivity (Wildman–Crippen MR) is 79.1 cm³/mol. The number of nitrogens with zero attached hydrogens (tertiary/aromatic N) is 2. The molecule has 4 heteroatoms. The predicted octanol–water partition coefficient (Wildman–Crippen LogP) is 4.11. The number of aryl methyl sites for hydroxylation is 1. The second kappa shape index (κ2) is 9.45. The number of hydrogen-bond acceptors (Lipinski definition) is 4. The highest BCUT2D eigenvalue weighted by Crippen LogP contribution is 2.21. The summed E-state index contributed by atoms with van der Waals surface area (Å²) < 4.78 is 0. The zero-order valence-corrected chi connectivity index (χ0v) is 12.9. The first kappa shape index (κ1) is 15.6. The lowest BCUT2D eigenvalue weighted by atomic mass is 10.1. The molecule has 1 heterocycles. The summed E-state index contributed by atoms with van der Waals surface area (Å²) in [7, 11) is 1.99. The van der Waals surface area contributed by atoms with Gasteiger partial charge in [0.05, 0.1) is 6.04 Å². The second-order valence-electron chi connectivity index (χ2n) is 4.80. The highest BCUT2D eigenvalue weighted by atomic mass is 32.1. The normalized spacial score (nSPS) is 12.8. The Morgan fingerprint density at radius 2 is 1.78 bits per heavy atom. The molecule has 0 aliphatic carbocycles. The van der Waals surface area contributed by atoms with E-state index in [1.165, 1.54) is 43.5 Å². The summed E-state index contributed by atoms with van der Waals surface area (Å²) in [6.07, 6.45) is 10.2. The van der Waals surface area contributed by atoms with Gasteiger partial charge in [-0.25, -0.2) is 0 Å². The van der Waals surface area contributed by atoms with Gasteiger partial charge in [-0.1, -0.05) is 57.3 Å². The van der Waals surface area contributed by atoms with Gasteiger partial charge >= 0.3 is 0 Å². The highest BCUT2D eigenvalue weighted by molar-refractivity contribution is 7.11. The summed E-state index contributed by atoms with van der Waals surface area (Å²) in [6.45, 7) is 4.44. The van der Waals surface area contributed by atoms with E-state index in [1.807, 2.05) is 7.05 Å². The van der Waals surface area contributed by atoms with Crippen molar-refractivity contribution in [3.05, 3.63) is 10.0 Å².